The summed E-state index contributed by atoms with van der Waals surface area (Å²) in [6.45, 7) is 5.27. The largest absolute Gasteiger partial charge is 0.306 e. The Kier molecular flexibility index (Phi) is 3.70. The Hall–Kier alpha value is -1.19. The predicted octanol–water partition coefficient (Wildman–Crippen LogP) is 3.15. The smallest absolute Gasteiger partial charge is 0.0588 e. The Morgan fingerprint density at radius 3 is 2.62 bits per heavy atom. The summed E-state index contributed by atoms with van der Waals surface area (Å²) in [5.74, 6) is 0. The second-order valence-corrected chi connectivity index (χ2v) is 4.82. The molecule has 1 atom stereocenters. The molecule has 0 aliphatic rings. The van der Waals surface area contributed by atoms with Crippen LogP contribution in [0.5, 0.6) is 0 Å². The Bertz CT molecular complexity index is 436. The van der Waals surface area contributed by atoms with E-state index in [0.29, 0.717) is 6.04 Å². The van der Waals surface area contributed by atoms with Gasteiger partial charge in [-0.2, -0.15) is 0 Å². The fourth-order valence-corrected chi connectivity index (χ4v) is 2.60. The van der Waals surface area contributed by atoms with Crippen molar-refractivity contribution in [2.24, 2.45) is 0 Å². The highest BCUT2D eigenvalue weighted by Crippen LogP contribution is 2.27. The molecule has 0 amide bonds. The lowest BCUT2D eigenvalue weighted by atomic mass is 10.0. The van der Waals surface area contributed by atoms with Gasteiger partial charge in [-0.05, 0) is 48.2 Å². The predicted molar refractivity (Wildman–Crippen MR) is 68.8 cm³/mol. The molecule has 2 aromatic heterocycles. The lowest BCUT2D eigenvalue weighted by molar-refractivity contribution is 0.629. The molecule has 0 spiro atoms. The highest BCUT2D eigenvalue weighted by atomic mass is 32.1. The molecule has 0 aliphatic carbocycles. The van der Waals surface area contributed by atoms with Crippen molar-refractivity contribution in [3.63, 3.8) is 0 Å². The van der Waals surface area contributed by atoms with Gasteiger partial charge in [0.15, 0.2) is 0 Å². The van der Waals surface area contributed by atoms with Crippen LogP contribution in [-0.2, 0) is 0 Å². The minimum atomic E-state index is 0.291. The maximum absolute atomic E-state index is 4.07. The first-order valence-corrected chi connectivity index (χ1v) is 6.38. The number of aromatic nitrogens is 1. The lowest BCUT2D eigenvalue weighted by Crippen LogP contribution is -2.22. The van der Waals surface area contributed by atoms with E-state index in [0.717, 1.165) is 6.54 Å². The highest BCUT2D eigenvalue weighted by molar-refractivity contribution is 7.10. The molecule has 16 heavy (non-hydrogen) atoms. The molecular formula is C13H16N2S. The van der Waals surface area contributed by atoms with Crippen molar-refractivity contribution >= 4 is 11.3 Å². The second-order valence-electron chi connectivity index (χ2n) is 3.70. The van der Waals surface area contributed by atoms with Crippen LogP contribution in [0.3, 0.4) is 0 Å². The Morgan fingerprint density at radius 1 is 1.31 bits per heavy atom. The zero-order valence-corrected chi connectivity index (χ0v) is 10.4. The maximum Gasteiger partial charge on any atom is 0.0588 e. The number of thiophene rings is 1. The molecule has 2 heterocycles. The summed E-state index contributed by atoms with van der Waals surface area (Å²) in [5, 5.41) is 5.67. The maximum atomic E-state index is 4.07. The molecule has 1 N–H and O–H groups in total. The third-order valence-electron chi connectivity index (χ3n) is 2.66. The van der Waals surface area contributed by atoms with Crippen molar-refractivity contribution in [1.82, 2.24) is 10.3 Å². The first-order valence-electron chi connectivity index (χ1n) is 5.50. The summed E-state index contributed by atoms with van der Waals surface area (Å²) in [4.78, 5) is 5.44. The van der Waals surface area contributed by atoms with Crippen LogP contribution in [0.15, 0.2) is 36.0 Å². The van der Waals surface area contributed by atoms with Crippen LogP contribution in [0.1, 0.15) is 29.0 Å². The van der Waals surface area contributed by atoms with Crippen molar-refractivity contribution < 1.29 is 0 Å². The van der Waals surface area contributed by atoms with Gasteiger partial charge >= 0.3 is 0 Å². The third-order valence-corrected chi connectivity index (χ3v) is 3.52. The fourth-order valence-electron chi connectivity index (χ4n) is 1.86. The van der Waals surface area contributed by atoms with E-state index in [4.69, 9.17) is 0 Å². The summed E-state index contributed by atoms with van der Waals surface area (Å²) in [5.41, 5.74) is 2.65. The number of nitrogens with zero attached hydrogens (tertiary/aromatic N) is 1. The molecular weight excluding hydrogens is 216 g/mol. The summed E-state index contributed by atoms with van der Waals surface area (Å²) in [7, 11) is 0. The van der Waals surface area contributed by atoms with Crippen molar-refractivity contribution in [2.45, 2.75) is 19.9 Å². The number of hydrogen-bond donors (Lipinski definition) is 1. The summed E-state index contributed by atoms with van der Waals surface area (Å²) >= 11 is 1.80. The van der Waals surface area contributed by atoms with E-state index in [9.17, 15) is 0 Å². The Labute approximate surface area is 100 Å². The van der Waals surface area contributed by atoms with Crippen LogP contribution >= 0.6 is 11.3 Å². The van der Waals surface area contributed by atoms with E-state index in [2.05, 4.69) is 47.7 Å². The van der Waals surface area contributed by atoms with E-state index in [1.54, 1.807) is 11.3 Å². The van der Waals surface area contributed by atoms with E-state index in [1.807, 2.05) is 12.4 Å². The standard InChI is InChI=1S/C13H16N2S/c1-3-15-13(11-4-7-14-8-5-11)12-6-9-16-10(12)2/h4-9,13,15H,3H2,1-2H3. The van der Waals surface area contributed by atoms with Crippen LogP contribution < -0.4 is 5.32 Å². The molecule has 0 saturated heterocycles. The molecule has 2 rings (SSSR count). The molecule has 0 saturated carbocycles. The van der Waals surface area contributed by atoms with Gasteiger partial charge in [0.2, 0.25) is 0 Å². The topological polar surface area (TPSA) is 24.9 Å². The molecule has 3 heteroatoms. The first kappa shape index (κ1) is 11.3. The van der Waals surface area contributed by atoms with E-state index < -0.39 is 0 Å². The first-order chi connectivity index (χ1) is 7.83. The van der Waals surface area contributed by atoms with E-state index in [1.165, 1.54) is 16.0 Å². The van der Waals surface area contributed by atoms with Gasteiger partial charge in [-0.1, -0.05) is 6.92 Å². The van der Waals surface area contributed by atoms with Crippen molar-refractivity contribution in [1.29, 1.82) is 0 Å². The number of pyridine rings is 1. The van der Waals surface area contributed by atoms with Crippen LogP contribution in [0.2, 0.25) is 0 Å². The zero-order chi connectivity index (χ0) is 11.4. The summed E-state index contributed by atoms with van der Waals surface area (Å²) in [6, 6.07) is 6.64. The molecule has 0 fully saturated rings. The normalized spacial score (nSPS) is 12.6. The average Bonchev–Trinajstić information content (AvgIpc) is 2.73. The van der Waals surface area contributed by atoms with Crippen molar-refractivity contribution in [2.75, 3.05) is 6.54 Å². The van der Waals surface area contributed by atoms with Gasteiger partial charge in [-0.15, -0.1) is 11.3 Å². The monoisotopic (exact) mass is 232 g/mol. The SMILES string of the molecule is CCNC(c1ccncc1)c1ccsc1C. The average molecular weight is 232 g/mol. The summed E-state index contributed by atoms with van der Waals surface area (Å²) in [6.07, 6.45) is 3.70. The van der Waals surface area contributed by atoms with Gasteiger partial charge in [-0.3, -0.25) is 4.98 Å². The van der Waals surface area contributed by atoms with Gasteiger partial charge in [0.1, 0.15) is 0 Å². The molecule has 2 nitrogen and oxygen atoms in total. The molecule has 0 aromatic carbocycles. The van der Waals surface area contributed by atoms with Crippen LogP contribution in [0, 0.1) is 6.92 Å². The third kappa shape index (κ3) is 2.31. The number of aryl methyl sites for hydroxylation is 1. The van der Waals surface area contributed by atoms with Crippen LogP contribution in [0.25, 0.3) is 0 Å². The molecule has 1 unspecified atom stereocenters. The minimum absolute atomic E-state index is 0.291. The molecule has 0 radical (unpaired) electrons. The quantitative estimate of drug-likeness (QED) is 0.876. The van der Waals surface area contributed by atoms with Crippen molar-refractivity contribution in [3.8, 4) is 0 Å². The van der Waals surface area contributed by atoms with Gasteiger partial charge in [0, 0.05) is 17.3 Å². The number of hydrogen-bond acceptors (Lipinski definition) is 3. The van der Waals surface area contributed by atoms with Gasteiger partial charge in [-0.25, -0.2) is 0 Å². The molecule has 2 aromatic rings. The Balaban J connectivity index is 2.35. The van der Waals surface area contributed by atoms with Gasteiger partial charge in [0.05, 0.1) is 6.04 Å². The Morgan fingerprint density at radius 2 is 2.06 bits per heavy atom. The highest BCUT2D eigenvalue weighted by Gasteiger charge is 2.15. The number of nitrogens with one attached hydrogen (secondary N) is 1. The molecule has 84 valence electrons. The van der Waals surface area contributed by atoms with Gasteiger partial charge in [0.25, 0.3) is 0 Å². The minimum Gasteiger partial charge on any atom is -0.306 e. The van der Waals surface area contributed by atoms with Gasteiger partial charge < -0.3 is 5.32 Å². The lowest BCUT2D eigenvalue weighted by Gasteiger charge is -2.18. The fraction of sp³-hybridized carbons (Fsp3) is 0.308. The molecule has 0 aliphatic heterocycles. The zero-order valence-electron chi connectivity index (χ0n) is 9.60. The van der Waals surface area contributed by atoms with Crippen LogP contribution in [-0.4, -0.2) is 11.5 Å². The summed E-state index contributed by atoms with van der Waals surface area (Å²) < 4.78 is 0. The van der Waals surface area contributed by atoms with Crippen molar-refractivity contribution in [3.05, 3.63) is 52.0 Å². The van der Waals surface area contributed by atoms with E-state index in [-0.39, 0.29) is 0 Å². The van der Waals surface area contributed by atoms with E-state index >= 15 is 0 Å². The number of rotatable bonds is 4. The van der Waals surface area contributed by atoms with Crippen LogP contribution in [0.4, 0.5) is 0 Å². The second kappa shape index (κ2) is 5.23. The molecule has 0 bridgehead atoms.